The molecule has 0 aromatic heterocycles. The standard InChI is InChI=1S/C76H144N2O11Si5/c1-34-35-38-64(83-70(79)71(4,5)6)65(89-94(32,33)75(16,17)18)45-43-61(86-91(26,27)72(7,8)9)52-62(87-92(28,29)73(10,11)12)44-46-66-69(77-78-48-36-37-59(78)55-80-21)68(85-76(19,20)84-66)51-56(2)50-57(3)67(82-54-58-39-41-60(81-22)42-40-58)53-63(47-49-90(23,24)25)88-93(30,31)74(13,14)15/h39-42,50,57,59,61-68H,34-38,43-46,48,51-55H2,1-33H3/b56-50+,77-69-/t57-,59+,61-,62+,63+,64+,65+,66+,67+,68+/m0/s1. The Bertz CT molecular complexity index is 2590. The number of esters is 1. The van der Waals surface area contributed by atoms with E-state index in [1.807, 2.05) is 32.9 Å². The summed E-state index contributed by atoms with van der Waals surface area (Å²) in [5, 5.41) is 7.80. The van der Waals surface area contributed by atoms with Crippen LogP contribution < -0.4 is 4.74 Å². The molecule has 1 aromatic carbocycles. The SMILES string of the molecule is CCCC[C@@H](OC(=O)C(C)(C)C)[C@@H](CC[C@@H](C[C@@H](CC[C@H]1OC(C)(C)O[C@H](C/C(C)=C/[C@H](C)[C@@H](C[C@@H](C#C[Si](C)(C)C)O[Si](C)(C)C(C)(C)C)OCc2ccc(OC)cc2)/C1=N\N1CCC[C@@H]1COC)O[Si](C)(C)C(C)(C)C)O[Si](C)(C)C(C)(C)C)O[Si](C)(C)C(C)(C)C. The predicted molar refractivity (Wildman–Crippen MR) is 408 cm³/mol. The highest BCUT2D eigenvalue weighted by Crippen LogP contribution is 2.45. The maximum absolute atomic E-state index is 13.9. The molecule has 13 nitrogen and oxygen atoms in total. The summed E-state index contributed by atoms with van der Waals surface area (Å²) >= 11 is 0. The molecule has 0 saturated carbocycles. The first-order chi connectivity index (χ1) is 42.7. The van der Waals surface area contributed by atoms with Gasteiger partial charge in [-0.2, -0.15) is 5.10 Å². The zero-order chi connectivity index (χ0) is 72.1. The van der Waals surface area contributed by atoms with E-state index in [2.05, 4.69) is 224 Å². The Morgan fingerprint density at radius 1 is 0.691 bits per heavy atom. The van der Waals surface area contributed by atoms with E-state index in [4.69, 9.17) is 51.2 Å². The van der Waals surface area contributed by atoms with Crippen LogP contribution in [0.1, 0.15) is 221 Å². The molecule has 18 heteroatoms. The summed E-state index contributed by atoms with van der Waals surface area (Å²) in [5.74, 6) is 3.40. The number of rotatable bonds is 34. The van der Waals surface area contributed by atoms with Crippen molar-refractivity contribution >= 4 is 53.0 Å². The first kappa shape index (κ1) is 86.2. The Hall–Kier alpha value is -1.98. The molecule has 0 radical (unpaired) electrons. The second-order valence-corrected chi connectivity index (χ2v) is 60.4. The van der Waals surface area contributed by atoms with E-state index in [9.17, 15) is 4.79 Å². The van der Waals surface area contributed by atoms with Crippen LogP contribution in [-0.2, 0) is 52.8 Å². The van der Waals surface area contributed by atoms with Crippen LogP contribution in [0.25, 0.3) is 0 Å². The van der Waals surface area contributed by atoms with Gasteiger partial charge in [0, 0.05) is 38.2 Å². The molecule has 0 bridgehead atoms. The molecule has 2 saturated heterocycles. The average molecular weight is 1400 g/mol. The highest BCUT2D eigenvalue weighted by Gasteiger charge is 2.48. The lowest BCUT2D eigenvalue weighted by molar-refractivity contribution is -0.257. The van der Waals surface area contributed by atoms with E-state index in [1.165, 1.54) is 5.57 Å². The van der Waals surface area contributed by atoms with Gasteiger partial charge in [0.1, 0.15) is 38.2 Å². The quantitative estimate of drug-likeness (QED) is 0.0282. The summed E-state index contributed by atoms with van der Waals surface area (Å²) in [5.41, 5.74) is 6.22. The van der Waals surface area contributed by atoms with Gasteiger partial charge in [0.15, 0.2) is 39.1 Å². The Morgan fingerprint density at radius 2 is 1.21 bits per heavy atom. The molecule has 0 spiro atoms. The van der Waals surface area contributed by atoms with Crippen LogP contribution in [0.5, 0.6) is 5.75 Å². The Morgan fingerprint density at radius 3 is 1.71 bits per heavy atom. The molecule has 2 fully saturated rings. The van der Waals surface area contributed by atoms with E-state index in [1.54, 1.807) is 14.2 Å². The lowest BCUT2D eigenvalue weighted by atomic mass is 9.91. The molecule has 3 rings (SSSR count). The van der Waals surface area contributed by atoms with Crippen molar-refractivity contribution in [3.8, 4) is 17.2 Å². The summed E-state index contributed by atoms with van der Waals surface area (Å²) in [4.78, 5) is 13.9. The van der Waals surface area contributed by atoms with Crippen LogP contribution in [0.2, 0.25) is 92.2 Å². The molecular formula is C76H144N2O11Si5. The number of benzene rings is 1. The van der Waals surface area contributed by atoms with Crippen molar-refractivity contribution in [3.63, 3.8) is 0 Å². The van der Waals surface area contributed by atoms with Gasteiger partial charge in [0.05, 0.1) is 49.7 Å². The fourth-order valence-electron chi connectivity index (χ4n) is 11.0. The molecule has 0 amide bonds. The van der Waals surface area contributed by atoms with Gasteiger partial charge in [0.25, 0.3) is 0 Å². The van der Waals surface area contributed by atoms with E-state index >= 15 is 0 Å². The highest BCUT2D eigenvalue weighted by atomic mass is 28.4. The predicted octanol–water partition coefficient (Wildman–Crippen LogP) is 20.5. The third-order valence-corrected chi connectivity index (χ3v) is 39.9. The van der Waals surface area contributed by atoms with Gasteiger partial charge in [0.2, 0.25) is 0 Å². The van der Waals surface area contributed by atoms with Crippen molar-refractivity contribution in [1.82, 2.24) is 5.01 Å². The summed E-state index contributed by atoms with van der Waals surface area (Å²) in [6.07, 6.45) is 9.64. The minimum Gasteiger partial charge on any atom is -0.497 e. The minimum atomic E-state index is -2.38. The number of hydrogen-bond donors (Lipinski definition) is 0. The van der Waals surface area contributed by atoms with Crippen LogP contribution >= 0.6 is 0 Å². The van der Waals surface area contributed by atoms with Crippen molar-refractivity contribution < 1.29 is 50.9 Å². The van der Waals surface area contributed by atoms with E-state index < -0.39 is 52.5 Å². The molecular weight excluding hydrogens is 1260 g/mol. The highest BCUT2D eigenvalue weighted by molar-refractivity contribution is 6.84. The largest absolute Gasteiger partial charge is 0.497 e. The molecule has 2 aliphatic rings. The first-order valence-corrected chi connectivity index (χ1v) is 51.4. The molecule has 10 atom stereocenters. The number of ether oxygens (including phenoxy) is 6. The summed E-state index contributed by atoms with van der Waals surface area (Å²) in [7, 11) is -7.60. The van der Waals surface area contributed by atoms with E-state index in [-0.39, 0.29) is 86.9 Å². The molecule has 1 aromatic rings. The third kappa shape index (κ3) is 27.9. The molecule has 0 unspecified atom stereocenters. The van der Waals surface area contributed by atoms with Crippen molar-refractivity contribution in [1.29, 1.82) is 0 Å². The van der Waals surface area contributed by atoms with Crippen LogP contribution in [0, 0.1) is 22.8 Å². The fourth-order valence-corrected chi connectivity index (χ4v) is 17.0. The van der Waals surface area contributed by atoms with Crippen LogP contribution in [-0.4, -0.2) is 146 Å². The van der Waals surface area contributed by atoms with Crippen molar-refractivity contribution in [2.75, 3.05) is 27.4 Å². The van der Waals surface area contributed by atoms with Gasteiger partial charge in [-0.05, 0) is 196 Å². The van der Waals surface area contributed by atoms with Gasteiger partial charge in [-0.3, -0.25) is 9.80 Å². The number of methoxy groups -OCH3 is 2. The second-order valence-electron chi connectivity index (χ2n) is 36.6. The average Bonchev–Trinajstić information content (AvgIpc) is 1.10. The van der Waals surface area contributed by atoms with Gasteiger partial charge in [-0.1, -0.05) is 153 Å². The van der Waals surface area contributed by atoms with E-state index in [0.717, 1.165) is 68.5 Å². The lowest BCUT2D eigenvalue weighted by Gasteiger charge is -2.45. The monoisotopic (exact) mass is 1400 g/mol. The van der Waals surface area contributed by atoms with Gasteiger partial charge in [-0.25, -0.2) is 0 Å². The summed E-state index contributed by atoms with van der Waals surface area (Å²) in [6.45, 7) is 72.0. The maximum atomic E-state index is 13.9. The lowest BCUT2D eigenvalue weighted by Crippen LogP contribution is -2.53. The Labute approximate surface area is 583 Å². The molecule has 2 heterocycles. The van der Waals surface area contributed by atoms with Crippen molar-refractivity contribution in [2.24, 2.45) is 16.4 Å². The van der Waals surface area contributed by atoms with Crippen LogP contribution in [0.4, 0.5) is 0 Å². The van der Waals surface area contributed by atoms with E-state index in [0.29, 0.717) is 45.3 Å². The number of carbonyl (C=O) groups is 1. The first-order valence-electron chi connectivity index (χ1n) is 36.2. The molecule has 0 N–H and O–H groups in total. The van der Waals surface area contributed by atoms with Crippen molar-refractivity contribution in [3.05, 3.63) is 41.5 Å². The zero-order valence-corrected chi connectivity index (χ0v) is 71.7. The topological polar surface area (TPSA) is 125 Å². The Balaban J connectivity index is 2.26. The Kier molecular flexibility index (Phi) is 32.2. The number of hydrogen-bond acceptors (Lipinski definition) is 13. The third-order valence-electron chi connectivity index (χ3n) is 21.0. The summed E-state index contributed by atoms with van der Waals surface area (Å²) in [6, 6.07) is 8.31. The second kappa shape index (κ2) is 35.1. The van der Waals surface area contributed by atoms with Crippen LogP contribution in [0.3, 0.4) is 0 Å². The molecule has 2 aliphatic heterocycles. The normalized spacial score (nSPS) is 21.3. The zero-order valence-electron chi connectivity index (χ0n) is 66.7. The van der Waals surface area contributed by atoms with Gasteiger partial charge < -0.3 is 46.1 Å². The minimum absolute atomic E-state index is 0.00416. The number of carbonyl (C=O) groups excluding carboxylic acids is 1. The number of nitrogens with zero attached hydrogens (tertiary/aromatic N) is 2. The molecule has 544 valence electrons. The molecule has 0 aliphatic carbocycles. The number of unbranched alkanes of at least 4 members (excludes halogenated alkanes) is 1. The van der Waals surface area contributed by atoms with Crippen molar-refractivity contribution in [2.45, 2.75) is 375 Å². The van der Waals surface area contributed by atoms with Gasteiger partial charge in [-0.15, -0.1) is 5.54 Å². The summed E-state index contributed by atoms with van der Waals surface area (Å²) < 4.78 is 69.5. The smallest absolute Gasteiger partial charge is 0.311 e. The van der Waals surface area contributed by atoms with Gasteiger partial charge >= 0.3 is 5.97 Å². The molecule has 94 heavy (non-hydrogen) atoms. The fraction of sp³-hybridized carbons (Fsp3) is 0.842. The maximum Gasteiger partial charge on any atom is 0.311 e. The number of hydrazone groups is 1. The van der Waals surface area contributed by atoms with Crippen LogP contribution in [0.15, 0.2) is 41.0 Å².